The molecule has 0 spiro atoms. The monoisotopic (exact) mass is 509 g/mol. The van der Waals surface area contributed by atoms with E-state index in [1.54, 1.807) is 6.07 Å². The highest BCUT2D eigenvalue weighted by atomic mass is 127. The van der Waals surface area contributed by atoms with Gasteiger partial charge in [0.2, 0.25) is 11.7 Å². The van der Waals surface area contributed by atoms with Gasteiger partial charge in [0.1, 0.15) is 6.54 Å². The van der Waals surface area contributed by atoms with Gasteiger partial charge in [-0.2, -0.15) is 16.7 Å². The fourth-order valence-electron chi connectivity index (χ4n) is 2.13. The van der Waals surface area contributed by atoms with Crippen molar-refractivity contribution in [2.75, 3.05) is 25.1 Å². The molecular formula is C17H25ClIN5OS. The number of unbranched alkanes of at least 4 members (excludes halogenated alkanes) is 1. The summed E-state index contributed by atoms with van der Waals surface area (Å²) in [4.78, 5) is 8.87. The fraction of sp³-hybridized carbons (Fsp3) is 0.471. The van der Waals surface area contributed by atoms with Gasteiger partial charge in [0.25, 0.3) is 0 Å². The van der Waals surface area contributed by atoms with E-state index in [-0.39, 0.29) is 24.0 Å². The molecule has 0 aliphatic rings. The summed E-state index contributed by atoms with van der Waals surface area (Å²) in [6.07, 6.45) is 4.44. The van der Waals surface area contributed by atoms with E-state index < -0.39 is 0 Å². The van der Waals surface area contributed by atoms with Crippen molar-refractivity contribution < 1.29 is 4.52 Å². The molecule has 1 aromatic carbocycles. The van der Waals surface area contributed by atoms with Gasteiger partial charge in [-0.05, 0) is 43.9 Å². The van der Waals surface area contributed by atoms with Crippen molar-refractivity contribution in [3.8, 4) is 11.4 Å². The van der Waals surface area contributed by atoms with Gasteiger partial charge in [-0.3, -0.25) is 0 Å². The summed E-state index contributed by atoms with van der Waals surface area (Å²) in [5.41, 5.74) is 0.824. The summed E-state index contributed by atoms with van der Waals surface area (Å²) < 4.78 is 5.28. The number of rotatable bonds is 9. The van der Waals surface area contributed by atoms with E-state index in [2.05, 4.69) is 32.0 Å². The highest BCUT2D eigenvalue weighted by molar-refractivity contribution is 14.0. The van der Waals surface area contributed by atoms with Crippen molar-refractivity contribution in [3.63, 3.8) is 0 Å². The zero-order valence-electron chi connectivity index (χ0n) is 15.0. The first kappa shape index (κ1) is 23.0. The predicted octanol–water partition coefficient (Wildman–Crippen LogP) is 4.21. The predicted molar refractivity (Wildman–Crippen MR) is 121 cm³/mol. The van der Waals surface area contributed by atoms with Gasteiger partial charge in [-0.1, -0.05) is 28.9 Å². The van der Waals surface area contributed by atoms with Crippen LogP contribution in [0.2, 0.25) is 5.02 Å². The van der Waals surface area contributed by atoms with Crippen molar-refractivity contribution in [1.82, 2.24) is 20.8 Å². The first-order valence-electron chi connectivity index (χ1n) is 8.32. The van der Waals surface area contributed by atoms with Gasteiger partial charge in [0.15, 0.2) is 5.96 Å². The standard InChI is InChI=1S/C17H24ClN5OS.HI/c1-3-19-17(20-9-4-5-10-25-2)21-12-15-22-16(23-24-15)13-7-6-8-14(18)11-13;/h6-8,11H,3-5,9-10,12H2,1-2H3,(H2,19,20,21);1H. The van der Waals surface area contributed by atoms with Gasteiger partial charge in [0, 0.05) is 23.7 Å². The van der Waals surface area contributed by atoms with Crippen LogP contribution in [0.3, 0.4) is 0 Å². The second-order valence-electron chi connectivity index (χ2n) is 5.34. The molecule has 9 heteroatoms. The molecule has 0 amide bonds. The fourth-order valence-corrected chi connectivity index (χ4v) is 2.81. The van der Waals surface area contributed by atoms with Crippen molar-refractivity contribution >= 4 is 53.3 Å². The number of nitrogens with zero attached hydrogens (tertiary/aromatic N) is 3. The molecule has 2 aromatic rings. The molecular weight excluding hydrogens is 485 g/mol. The molecule has 0 saturated carbocycles. The first-order chi connectivity index (χ1) is 12.2. The molecule has 0 aliphatic heterocycles. The van der Waals surface area contributed by atoms with Crippen LogP contribution in [0.1, 0.15) is 25.7 Å². The Hall–Kier alpha value is -1.000. The molecule has 1 heterocycles. The van der Waals surface area contributed by atoms with Crippen molar-refractivity contribution in [3.05, 3.63) is 35.2 Å². The first-order valence-corrected chi connectivity index (χ1v) is 10.1. The molecule has 6 nitrogen and oxygen atoms in total. The van der Waals surface area contributed by atoms with Gasteiger partial charge in [-0.25, -0.2) is 4.99 Å². The highest BCUT2D eigenvalue weighted by Gasteiger charge is 2.09. The van der Waals surface area contributed by atoms with Crippen LogP contribution >= 0.6 is 47.3 Å². The van der Waals surface area contributed by atoms with Gasteiger partial charge in [-0.15, -0.1) is 24.0 Å². The van der Waals surface area contributed by atoms with E-state index in [1.165, 1.54) is 12.2 Å². The molecule has 0 fully saturated rings. The quantitative estimate of drug-likeness (QED) is 0.228. The van der Waals surface area contributed by atoms with Crippen molar-refractivity contribution in [1.29, 1.82) is 0 Å². The minimum Gasteiger partial charge on any atom is -0.357 e. The van der Waals surface area contributed by atoms with Crippen LogP contribution in [0.5, 0.6) is 0 Å². The lowest BCUT2D eigenvalue weighted by molar-refractivity contribution is 0.380. The van der Waals surface area contributed by atoms with Crippen LogP contribution in [0.25, 0.3) is 11.4 Å². The van der Waals surface area contributed by atoms with Crippen LogP contribution in [0, 0.1) is 0 Å². The molecule has 0 saturated heterocycles. The Balaban J connectivity index is 0.00000338. The SMILES string of the molecule is CCNC(=NCc1nc(-c2cccc(Cl)c2)no1)NCCCCSC.I. The third-order valence-corrected chi connectivity index (χ3v) is 4.27. The summed E-state index contributed by atoms with van der Waals surface area (Å²) in [6.45, 7) is 4.06. The van der Waals surface area contributed by atoms with Crippen molar-refractivity contribution in [2.45, 2.75) is 26.3 Å². The van der Waals surface area contributed by atoms with E-state index in [9.17, 15) is 0 Å². The maximum atomic E-state index is 5.99. The Morgan fingerprint density at radius 2 is 2.15 bits per heavy atom. The lowest BCUT2D eigenvalue weighted by atomic mass is 10.2. The topological polar surface area (TPSA) is 75.3 Å². The van der Waals surface area contributed by atoms with Crippen molar-refractivity contribution in [2.24, 2.45) is 4.99 Å². The third-order valence-electron chi connectivity index (χ3n) is 3.34. The summed E-state index contributed by atoms with van der Waals surface area (Å²) in [5, 5.41) is 11.2. The molecule has 1 aromatic heterocycles. The lowest BCUT2D eigenvalue weighted by Gasteiger charge is -2.10. The van der Waals surface area contributed by atoms with Crippen LogP contribution in [0.4, 0.5) is 0 Å². The molecule has 144 valence electrons. The van der Waals surface area contributed by atoms with Crippen LogP contribution < -0.4 is 10.6 Å². The highest BCUT2D eigenvalue weighted by Crippen LogP contribution is 2.20. The number of thioether (sulfide) groups is 1. The zero-order valence-corrected chi connectivity index (χ0v) is 18.9. The zero-order chi connectivity index (χ0) is 17.9. The number of halogens is 2. The average Bonchev–Trinajstić information content (AvgIpc) is 3.08. The molecule has 0 aliphatic carbocycles. The Kier molecular flexibility index (Phi) is 11.7. The number of nitrogens with one attached hydrogen (secondary N) is 2. The Morgan fingerprint density at radius 1 is 1.31 bits per heavy atom. The molecule has 0 unspecified atom stereocenters. The molecule has 0 bridgehead atoms. The maximum Gasteiger partial charge on any atom is 0.248 e. The van der Waals surface area contributed by atoms with E-state index >= 15 is 0 Å². The third kappa shape index (κ3) is 8.13. The molecule has 2 rings (SSSR count). The minimum absolute atomic E-state index is 0. The van der Waals surface area contributed by atoms with Crippen LogP contribution in [-0.4, -0.2) is 41.2 Å². The largest absolute Gasteiger partial charge is 0.357 e. The second kappa shape index (κ2) is 13.2. The van der Waals surface area contributed by atoms with E-state index in [0.717, 1.165) is 31.0 Å². The summed E-state index contributed by atoms with van der Waals surface area (Å²) in [7, 11) is 0. The van der Waals surface area contributed by atoms with E-state index in [4.69, 9.17) is 16.1 Å². The van der Waals surface area contributed by atoms with E-state index in [0.29, 0.717) is 23.3 Å². The minimum atomic E-state index is 0. The Morgan fingerprint density at radius 3 is 2.88 bits per heavy atom. The van der Waals surface area contributed by atoms with E-state index in [1.807, 2.05) is 36.9 Å². The number of hydrogen-bond donors (Lipinski definition) is 2. The summed E-state index contributed by atoms with van der Waals surface area (Å²) >= 11 is 7.86. The molecule has 26 heavy (non-hydrogen) atoms. The van der Waals surface area contributed by atoms with Gasteiger partial charge >= 0.3 is 0 Å². The summed E-state index contributed by atoms with van der Waals surface area (Å²) in [5.74, 6) is 2.93. The number of benzene rings is 1. The molecule has 0 atom stereocenters. The average molecular weight is 510 g/mol. The second-order valence-corrected chi connectivity index (χ2v) is 6.77. The smallest absolute Gasteiger partial charge is 0.248 e. The normalized spacial score (nSPS) is 11.1. The van der Waals surface area contributed by atoms with Crippen LogP contribution in [0.15, 0.2) is 33.8 Å². The number of hydrogen-bond acceptors (Lipinski definition) is 5. The lowest BCUT2D eigenvalue weighted by Crippen LogP contribution is -2.37. The summed E-state index contributed by atoms with van der Waals surface area (Å²) in [6, 6.07) is 7.36. The van der Waals surface area contributed by atoms with Gasteiger partial charge < -0.3 is 15.2 Å². The van der Waals surface area contributed by atoms with Crippen LogP contribution in [-0.2, 0) is 6.54 Å². The molecule has 0 radical (unpaired) electrons. The number of aromatic nitrogens is 2. The Bertz CT molecular complexity index is 683. The number of guanidine groups is 1. The Labute approximate surface area is 181 Å². The van der Waals surface area contributed by atoms with Gasteiger partial charge in [0.05, 0.1) is 0 Å². The molecule has 2 N–H and O–H groups in total. The maximum absolute atomic E-state index is 5.99. The number of aliphatic imine (C=N–C) groups is 1.